The maximum Gasteiger partial charge on any atom is 0.145 e. The van der Waals surface area contributed by atoms with Gasteiger partial charge in [0, 0.05) is 6.07 Å². The van der Waals surface area contributed by atoms with Gasteiger partial charge in [-0.15, -0.1) is 0 Å². The van der Waals surface area contributed by atoms with Crippen LogP contribution in [0.2, 0.25) is 0 Å². The second kappa shape index (κ2) is 5.80. The Balaban J connectivity index is 1.87. The van der Waals surface area contributed by atoms with Crippen molar-refractivity contribution in [1.29, 1.82) is 0 Å². The van der Waals surface area contributed by atoms with E-state index < -0.39 is 0 Å². The van der Waals surface area contributed by atoms with Crippen LogP contribution in [0.4, 0.5) is 5.69 Å². The minimum absolute atomic E-state index is 0.674. The van der Waals surface area contributed by atoms with Gasteiger partial charge in [0.15, 0.2) is 0 Å². The van der Waals surface area contributed by atoms with Gasteiger partial charge in [-0.3, -0.25) is 0 Å². The molecule has 0 aromatic heterocycles. The summed E-state index contributed by atoms with van der Waals surface area (Å²) >= 11 is 0. The van der Waals surface area contributed by atoms with Crippen molar-refractivity contribution < 1.29 is 9.47 Å². The second-order valence-corrected chi connectivity index (χ2v) is 4.63. The number of benzene rings is 1. The molecule has 1 saturated carbocycles. The Bertz CT molecular complexity index is 361. The van der Waals surface area contributed by atoms with E-state index in [1.165, 1.54) is 12.8 Å². The molecule has 0 radical (unpaired) electrons. The van der Waals surface area contributed by atoms with Crippen molar-refractivity contribution in [3.8, 4) is 11.5 Å². The first kappa shape index (κ1) is 12.1. The van der Waals surface area contributed by atoms with Gasteiger partial charge in [0.25, 0.3) is 0 Å². The topological polar surface area (TPSA) is 44.5 Å². The summed E-state index contributed by atoms with van der Waals surface area (Å²) in [6, 6.07) is 5.64. The molecule has 2 rings (SSSR count). The zero-order valence-electron chi connectivity index (χ0n) is 10.4. The summed E-state index contributed by atoms with van der Waals surface area (Å²) in [4.78, 5) is 0. The van der Waals surface area contributed by atoms with Crippen molar-refractivity contribution in [1.82, 2.24) is 0 Å². The molecular weight excluding hydrogens is 214 g/mol. The largest absolute Gasteiger partial charge is 0.493 e. The highest BCUT2D eigenvalue weighted by atomic mass is 16.5. The molecule has 3 nitrogen and oxygen atoms in total. The number of anilines is 1. The van der Waals surface area contributed by atoms with E-state index in [-0.39, 0.29) is 0 Å². The van der Waals surface area contributed by atoms with Crippen LogP contribution in [0.15, 0.2) is 18.2 Å². The van der Waals surface area contributed by atoms with Gasteiger partial charge >= 0.3 is 0 Å². The maximum atomic E-state index is 5.84. The first-order valence-electron chi connectivity index (χ1n) is 6.44. The Morgan fingerprint density at radius 3 is 2.76 bits per heavy atom. The van der Waals surface area contributed by atoms with E-state index >= 15 is 0 Å². The van der Waals surface area contributed by atoms with Crippen molar-refractivity contribution in [2.45, 2.75) is 32.6 Å². The average molecular weight is 235 g/mol. The average Bonchev–Trinajstić information content (AvgIpc) is 3.13. The molecule has 1 fully saturated rings. The lowest BCUT2D eigenvalue weighted by atomic mass is 10.2. The van der Waals surface area contributed by atoms with Crippen LogP contribution >= 0.6 is 0 Å². The Morgan fingerprint density at radius 2 is 2.06 bits per heavy atom. The fraction of sp³-hybridized carbons (Fsp3) is 0.571. The molecule has 0 saturated heterocycles. The highest BCUT2D eigenvalue weighted by molar-refractivity contribution is 5.55. The fourth-order valence-electron chi connectivity index (χ4n) is 1.69. The molecule has 0 bridgehead atoms. The summed E-state index contributed by atoms with van der Waals surface area (Å²) < 4.78 is 11.3. The molecule has 0 heterocycles. The number of nitrogens with two attached hydrogens (primary N) is 1. The van der Waals surface area contributed by atoms with Crippen LogP contribution in [0.3, 0.4) is 0 Å². The molecule has 94 valence electrons. The lowest BCUT2D eigenvalue weighted by Gasteiger charge is -2.11. The van der Waals surface area contributed by atoms with E-state index in [1.807, 2.05) is 18.2 Å². The highest BCUT2D eigenvalue weighted by Gasteiger charge is 2.20. The van der Waals surface area contributed by atoms with E-state index in [9.17, 15) is 0 Å². The lowest BCUT2D eigenvalue weighted by molar-refractivity contribution is 0.293. The first-order chi connectivity index (χ1) is 8.29. The standard InChI is InChI=1S/C14H21NO2/c1-2-8-17-14-10-12(5-6-13(14)15)16-9-7-11-3-4-11/h5-6,10-11H,2-4,7-9,15H2,1H3. The molecular formula is C14H21NO2. The van der Waals surface area contributed by atoms with E-state index in [4.69, 9.17) is 15.2 Å². The fourth-order valence-corrected chi connectivity index (χ4v) is 1.69. The van der Waals surface area contributed by atoms with Gasteiger partial charge < -0.3 is 15.2 Å². The third-order valence-corrected chi connectivity index (χ3v) is 2.94. The molecule has 0 spiro atoms. The van der Waals surface area contributed by atoms with E-state index in [0.29, 0.717) is 12.3 Å². The van der Waals surface area contributed by atoms with Crippen LogP contribution in [-0.2, 0) is 0 Å². The van der Waals surface area contributed by atoms with Crippen molar-refractivity contribution in [3.05, 3.63) is 18.2 Å². The van der Waals surface area contributed by atoms with Gasteiger partial charge in [0.1, 0.15) is 11.5 Å². The van der Waals surface area contributed by atoms with E-state index in [0.717, 1.165) is 36.9 Å². The van der Waals surface area contributed by atoms with Crippen LogP contribution in [0.25, 0.3) is 0 Å². The predicted octanol–water partition coefficient (Wildman–Crippen LogP) is 3.24. The van der Waals surface area contributed by atoms with Gasteiger partial charge in [-0.1, -0.05) is 19.8 Å². The lowest BCUT2D eigenvalue weighted by Crippen LogP contribution is -2.01. The van der Waals surface area contributed by atoms with Gasteiger partial charge in [-0.2, -0.15) is 0 Å². The predicted molar refractivity (Wildman–Crippen MR) is 69.5 cm³/mol. The van der Waals surface area contributed by atoms with Crippen LogP contribution < -0.4 is 15.2 Å². The number of hydrogen-bond acceptors (Lipinski definition) is 3. The second-order valence-electron chi connectivity index (χ2n) is 4.63. The third kappa shape index (κ3) is 3.84. The zero-order valence-corrected chi connectivity index (χ0v) is 10.4. The van der Waals surface area contributed by atoms with Gasteiger partial charge in [-0.25, -0.2) is 0 Å². The summed E-state index contributed by atoms with van der Waals surface area (Å²) in [5.74, 6) is 2.49. The van der Waals surface area contributed by atoms with Crippen LogP contribution in [0, 0.1) is 5.92 Å². The molecule has 3 heteroatoms. The summed E-state index contributed by atoms with van der Waals surface area (Å²) in [7, 11) is 0. The Kier molecular flexibility index (Phi) is 4.13. The monoisotopic (exact) mass is 235 g/mol. The van der Waals surface area contributed by atoms with Gasteiger partial charge in [0.2, 0.25) is 0 Å². The minimum atomic E-state index is 0.674. The van der Waals surface area contributed by atoms with Crippen molar-refractivity contribution in [3.63, 3.8) is 0 Å². The molecule has 0 aliphatic heterocycles. The number of rotatable bonds is 7. The van der Waals surface area contributed by atoms with Crippen molar-refractivity contribution >= 4 is 5.69 Å². The Labute approximate surface area is 103 Å². The van der Waals surface area contributed by atoms with Crippen molar-refractivity contribution in [2.75, 3.05) is 18.9 Å². The Hall–Kier alpha value is -1.38. The Morgan fingerprint density at radius 1 is 1.24 bits per heavy atom. The van der Waals surface area contributed by atoms with Crippen LogP contribution in [0.1, 0.15) is 32.6 Å². The molecule has 1 aliphatic rings. The molecule has 1 aromatic rings. The quantitative estimate of drug-likeness (QED) is 0.738. The summed E-state index contributed by atoms with van der Waals surface area (Å²) in [5.41, 5.74) is 6.51. The summed E-state index contributed by atoms with van der Waals surface area (Å²) in [5, 5.41) is 0. The SMILES string of the molecule is CCCOc1cc(OCCC2CC2)ccc1N. The smallest absolute Gasteiger partial charge is 0.145 e. The third-order valence-electron chi connectivity index (χ3n) is 2.94. The highest BCUT2D eigenvalue weighted by Crippen LogP contribution is 2.33. The number of ether oxygens (including phenoxy) is 2. The molecule has 17 heavy (non-hydrogen) atoms. The molecule has 0 atom stereocenters. The zero-order chi connectivity index (χ0) is 12.1. The van der Waals surface area contributed by atoms with Crippen LogP contribution in [0.5, 0.6) is 11.5 Å². The van der Waals surface area contributed by atoms with Crippen LogP contribution in [-0.4, -0.2) is 13.2 Å². The molecule has 1 aromatic carbocycles. The normalized spacial score (nSPS) is 14.6. The number of hydrogen-bond donors (Lipinski definition) is 1. The summed E-state index contributed by atoms with van der Waals surface area (Å²) in [6.07, 6.45) is 4.88. The number of nitrogen functional groups attached to an aromatic ring is 1. The molecule has 1 aliphatic carbocycles. The molecule has 2 N–H and O–H groups in total. The van der Waals surface area contributed by atoms with Gasteiger partial charge in [-0.05, 0) is 30.9 Å². The van der Waals surface area contributed by atoms with E-state index in [1.54, 1.807) is 0 Å². The molecule has 0 amide bonds. The molecule has 0 unspecified atom stereocenters. The first-order valence-corrected chi connectivity index (χ1v) is 6.44. The minimum Gasteiger partial charge on any atom is -0.493 e. The van der Waals surface area contributed by atoms with E-state index in [2.05, 4.69) is 6.92 Å². The van der Waals surface area contributed by atoms with Gasteiger partial charge in [0.05, 0.1) is 18.9 Å². The van der Waals surface area contributed by atoms with Crippen molar-refractivity contribution in [2.24, 2.45) is 5.92 Å². The summed E-state index contributed by atoms with van der Waals surface area (Å²) in [6.45, 7) is 3.56. The maximum absolute atomic E-state index is 5.84.